The Hall–Kier alpha value is -2.51. The largest absolute Gasteiger partial charge is 0.317 e. The van der Waals surface area contributed by atoms with E-state index in [1.807, 2.05) is 47.2 Å². The molecule has 1 saturated heterocycles. The van der Waals surface area contributed by atoms with Crippen LogP contribution in [0.15, 0.2) is 65.3 Å². The van der Waals surface area contributed by atoms with E-state index in [1.165, 1.54) is 4.90 Å². The van der Waals surface area contributed by atoms with Crippen LogP contribution in [0.5, 0.6) is 0 Å². The Bertz CT molecular complexity index is 917. The molecule has 5 nitrogen and oxygen atoms in total. The average Bonchev–Trinajstić information content (AvgIpc) is 3.03. The molecule has 0 bridgehead atoms. The third-order valence-corrected chi connectivity index (χ3v) is 4.47. The Labute approximate surface area is 158 Å². The summed E-state index contributed by atoms with van der Waals surface area (Å²) in [6.45, 7) is 3.85. The van der Waals surface area contributed by atoms with Crippen molar-refractivity contribution in [2.24, 2.45) is 0 Å². The molecule has 1 aromatic heterocycles. The molecule has 1 aliphatic heterocycles. The summed E-state index contributed by atoms with van der Waals surface area (Å²) in [5, 5.41) is 2.63. The van der Waals surface area contributed by atoms with Crippen molar-refractivity contribution in [1.82, 2.24) is 14.8 Å². The number of nitrogens with zero attached hydrogens (tertiary/aromatic N) is 2. The first-order chi connectivity index (χ1) is 12.0. The maximum atomic E-state index is 12.6. The molecule has 0 atom stereocenters. The van der Waals surface area contributed by atoms with Crippen LogP contribution in [-0.4, -0.2) is 32.9 Å². The van der Waals surface area contributed by atoms with Gasteiger partial charge in [0, 0.05) is 28.6 Å². The van der Waals surface area contributed by atoms with Crippen molar-refractivity contribution in [3.05, 3.63) is 71.0 Å². The molecule has 126 valence electrons. The maximum absolute atomic E-state index is 12.6. The van der Waals surface area contributed by atoms with Gasteiger partial charge in [-0.15, -0.1) is 6.58 Å². The number of aromatic nitrogens is 1. The van der Waals surface area contributed by atoms with Gasteiger partial charge in [0.1, 0.15) is 5.57 Å². The fourth-order valence-corrected chi connectivity index (χ4v) is 3.15. The summed E-state index contributed by atoms with van der Waals surface area (Å²) in [5.74, 6) is -0.937. The standard InChI is InChI=1S/C18H14BrN3O2S/c1-2-8-22-17(24)15(16(23)20-18(22)25)11-14-7-4-9-21(14)13-6-3-5-12(19)10-13/h2-7,9-11H,1,8H2,(H,20,23,25)/b15-11-. The van der Waals surface area contributed by atoms with Crippen LogP contribution in [0, 0.1) is 0 Å². The minimum absolute atomic E-state index is 0.0328. The maximum Gasteiger partial charge on any atom is 0.266 e. The second kappa shape index (κ2) is 7.16. The van der Waals surface area contributed by atoms with Crippen LogP contribution in [-0.2, 0) is 9.59 Å². The second-order valence-corrected chi connectivity index (χ2v) is 6.61. The number of amides is 2. The molecule has 0 saturated carbocycles. The van der Waals surface area contributed by atoms with Gasteiger partial charge >= 0.3 is 0 Å². The van der Waals surface area contributed by atoms with Gasteiger partial charge in [0.15, 0.2) is 5.11 Å². The number of carbonyl (C=O) groups excluding carboxylic acids is 2. The minimum atomic E-state index is -0.502. The van der Waals surface area contributed by atoms with Gasteiger partial charge in [-0.1, -0.05) is 28.1 Å². The molecule has 1 aromatic carbocycles. The van der Waals surface area contributed by atoms with E-state index in [9.17, 15) is 9.59 Å². The highest BCUT2D eigenvalue weighted by Gasteiger charge is 2.32. The van der Waals surface area contributed by atoms with Gasteiger partial charge in [-0.3, -0.25) is 19.8 Å². The Morgan fingerprint density at radius 1 is 1.24 bits per heavy atom. The van der Waals surface area contributed by atoms with Crippen LogP contribution in [0.3, 0.4) is 0 Å². The van der Waals surface area contributed by atoms with E-state index in [4.69, 9.17) is 12.2 Å². The van der Waals surface area contributed by atoms with E-state index >= 15 is 0 Å². The normalized spacial score (nSPS) is 16.3. The number of hydrogen-bond donors (Lipinski definition) is 1. The average molecular weight is 416 g/mol. The number of thiocarbonyl (C=S) groups is 1. The number of hydrogen-bond acceptors (Lipinski definition) is 3. The SMILES string of the molecule is C=CCN1C(=O)/C(=C\c2cccn2-c2cccc(Br)c2)C(=O)NC1=S. The first kappa shape index (κ1) is 17.3. The fraction of sp³-hybridized carbons (Fsp3) is 0.0556. The quantitative estimate of drug-likeness (QED) is 0.361. The third kappa shape index (κ3) is 3.47. The molecule has 0 radical (unpaired) electrons. The van der Waals surface area contributed by atoms with Crippen molar-refractivity contribution < 1.29 is 9.59 Å². The van der Waals surface area contributed by atoms with Crippen LogP contribution >= 0.6 is 28.1 Å². The molecule has 2 amide bonds. The van der Waals surface area contributed by atoms with E-state index in [1.54, 1.807) is 12.2 Å². The van der Waals surface area contributed by atoms with Gasteiger partial charge in [0.05, 0.1) is 0 Å². The molecule has 2 aromatic rings. The molecule has 1 fully saturated rings. The number of carbonyl (C=O) groups is 2. The number of halogens is 1. The molecule has 25 heavy (non-hydrogen) atoms. The first-order valence-corrected chi connectivity index (χ1v) is 8.64. The predicted molar refractivity (Wildman–Crippen MR) is 104 cm³/mol. The minimum Gasteiger partial charge on any atom is -0.317 e. The number of rotatable bonds is 4. The topological polar surface area (TPSA) is 54.3 Å². The van der Waals surface area contributed by atoms with Crippen LogP contribution < -0.4 is 5.32 Å². The Morgan fingerprint density at radius 2 is 2.04 bits per heavy atom. The Balaban J connectivity index is 2.02. The van der Waals surface area contributed by atoms with Crippen LogP contribution in [0.1, 0.15) is 5.69 Å². The predicted octanol–water partition coefficient (Wildman–Crippen LogP) is 3.05. The third-order valence-electron chi connectivity index (χ3n) is 3.66. The van der Waals surface area contributed by atoms with Gasteiger partial charge in [-0.2, -0.15) is 0 Å². The van der Waals surface area contributed by atoms with Crippen molar-refractivity contribution in [1.29, 1.82) is 0 Å². The van der Waals surface area contributed by atoms with Crippen molar-refractivity contribution in [2.75, 3.05) is 6.54 Å². The molecular weight excluding hydrogens is 402 g/mol. The zero-order valence-corrected chi connectivity index (χ0v) is 15.5. The van der Waals surface area contributed by atoms with Crippen LogP contribution in [0.25, 0.3) is 11.8 Å². The van der Waals surface area contributed by atoms with E-state index in [2.05, 4.69) is 27.8 Å². The van der Waals surface area contributed by atoms with Crippen LogP contribution in [0.4, 0.5) is 0 Å². The number of nitrogens with one attached hydrogen (secondary N) is 1. The summed E-state index contributed by atoms with van der Waals surface area (Å²) < 4.78 is 2.83. The summed E-state index contributed by atoms with van der Waals surface area (Å²) in [6, 6.07) is 11.4. The molecule has 3 rings (SSSR count). The van der Waals surface area contributed by atoms with E-state index in [0.717, 1.165) is 10.2 Å². The molecule has 0 aliphatic carbocycles. The monoisotopic (exact) mass is 415 g/mol. The highest BCUT2D eigenvalue weighted by Crippen LogP contribution is 2.21. The zero-order valence-electron chi connectivity index (χ0n) is 13.1. The summed E-state index contributed by atoms with van der Waals surface area (Å²) >= 11 is 8.50. The Kier molecular flexibility index (Phi) is 4.96. The fourth-order valence-electron chi connectivity index (χ4n) is 2.51. The zero-order chi connectivity index (χ0) is 18.0. The van der Waals surface area contributed by atoms with Gasteiger partial charge in [0.2, 0.25) is 0 Å². The molecule has 7 heteroatoms. The van der Waals surface area contributed by atoms with Gasteiger partial charge in [-0.05, 0) is 48.6 Å². The van der Waals surface area contributed by atoms with Crippen molar-refractivity contribution in [3.63, 3.8) is 0 Å². The van der Waals surface area contributed by atoms with Crippen molar-refractivity contribution in [2.45, 2.75) is 0 Å². The van der Waals surface area contributed by atoms with E-state index < -0.39 is 11.8 Å². The lowest BCUT2D eigenvalue weighted by Gasteiger charge is -2.27. The van der Waals surface area contributed by atoms with Gasteiger partial charge in [-0.25, -0.2) is 0 Å². The van der Waals surface area contributed by atoms with E-state index in [0.29, 0.717) is 5.69 Å². The lowest BCUT2D eigenvalue weighted by Crippen LogP contribution is -2.53. The molecule has 1 aliphatic rings. The smallest absolute Gasteiger partial charge is 0.266 e. The van der Waals surface area contributed by atoms with Gasteiger partial charge in [0.25, 0.3) is 11.8 Å². The lowest BCUT2D eigenvalue weighted by molar-refractivity contribution is -0.128. The molecular formula is C18H14BrN3O2S. The molecule has 0 spiro atoms. The summed E-state index contributed by atoms with van der Waals surface area (Å²) in [6.07, 6.45) is 4.99. The summed E-state index contributed by atoms with van der Waals surface area (Å²) in [4.78, 5) is 26.2. The molecule has 2 heterocycles. The van der Waals surface area contributed by atoms with Crippen LogP contribution in [0.2, 0.25) is 0 Å². The highest BCUT2D eigenvalue weighted by atomic mass is 79.9. The number of benzene rings is 1. The van der Waals surface area contributed by atoms with Gasteiger partial charge < -0.3 is 4.57 Å². The highest BCUT2D eigenvalue weighted by molar-refractivity contribution is 9.10. The lowest BCUT2D eigenvalue weighted by atomic mass is 10.1. The summed E-state index contributed by atoms with van der Waals surface area (Å²) in [5.41, 5.74) is 1.65. The second-order valence-electron chi connectivity index (χ2n) is 5.30. The van der Waals surface area contributed by atoms with Crippen molar-refractivity contribution in [3.8, 4) is 5.69 Å². The molecule has 1 N–H and O–H groups in total. The Morgan fingerprint density at radius 3 is 2.76 bits per heavy atom. The van der Waals surface area contributed by atoms with Crippen molar-refractivity contribution >= 4 is 51.2 Å². The molecule has 0 unspecified atom stereocenters. The summed E-state index contributed by atoms with van der Waals surface area (Å²) in [7, 11) is 0. The van der Waals surface area contributed by atoms with E-state index in [-0.39, 0.29) is 17.2 Å². The first-order valence-electron chi connectivity index (χ1n) is 7.44.